The van der Waals surface area contributed by atoms with Crippen LogP contribution in [0.15, 0.2) is 0 Å². The second-order valence-corrected chi connectivity index (χ2v) is 7.03. The van der Waals surface area contributed by atoms with Crippen LogP contribution < -0.4 is 0 Å². The molecule has 7 heteroatoms. The van der Waals surface area contributed by atoms with Gasteiger partial charge in [0.05, 0.1) is 5.37 Å². The molecule has 6 nitrogen and oxygen atoms in total. The molecular formula is C13H23N3O3S. The molecule has 2 heterocycles. The minimum absolute atomic E-state index is 0.0664. The van der Waals surface area contributed by atoms with E-state index in [4.69, 9.17) is 0 Å². The lowest BCUT2D eigenvalue weighted by molar-refractivity contribution is -0.141. The van der Waals surface area contributed by atoms with E-state index in [1.54, 1.807) is 0 Å². The van der Waals surface area contributed by atoms with E-state index in [2.05, 4.69) is 4.90 Å². The van der Waals surface area contributed by atoms with Gasteiger partial charge in [-0.05, 0) is 33.9 Å². The average Bonchev–Trinajstić information content (AvgIpc) is 2.80. The number of carboxylic acid groups (broad SMARTS) is 1. The number of carbonyl (C=O) groups is 2. The average molecular weight is 301 g/mol. The Labute approximate surface area is 124 Å². The normalized spacial score (nSPS) is 30.9. The number of likely N-dealkylation sites (N-methyl/N-ethyl adjacent to an activating group) is 1. The molecule has 0 spiro atoms. The lowest BCUT2D eigenvalue weighted by Gasteiger charge is -2.39. The van der Waals surface area contributed by atoms with Gasteiger partial charge in [0.2, 0.25) is 0 Å². The van der Waals surface area contributed by atoms with Crippen LogP contribution in [-0.4, -0.2) is 82.2 Å². The summed E-state index contributed by atoms with van der Waals surface area (Å²) in [5.41, 5.74) is 0. The van der Waals surface area contributed by atoms with Gasteiger partial charge in [0.25, 0.3) is 0 Å². The number of thioether (sulfide) groups is 1. The quantitative estimate of drug-likeness (QED) is 0.824. The predicted molar refractivity (Wildman–Crippen MR) is 78.9 cm³/mol. The molecule has 0 aliphatic carbocycles. The molecule has 20 heavy (non-hydrogen) atoms. The summed E-state index contributed by atoms with van der Waals surface area (Å²) in [7, 11) is 4.04. The molecule has 0 bridgehead atoms. The zero-order valence-corrected chi connectivity index (χ0v) is 13.1. The smallest absolute Gasteiger partial charge is 0.327 e. The molecule has 114 valence electrons. The molecule has 0 radical (unpaired) electrons. The first-order valence-corrected chi connectivity index (χ1v) is 8.04. The second-order valence-electron chi connectivity index (χ2n) is 5.68. The maximum atomic E-state index is 12.7. The summed E-state index contributed by atoms with van der Waals surface area (Å²) in [6.45, 7) is 3.31. The molecule has 2 amide bonds. The fourth-order valence-corrected chi connectivity index (χ4v) is 4.00. The molecule has 1 N–H and O–H groups in total. The van der Waals surface area contributed by atoms with Crippen molar-refractivity contribution in [2.75, 3.05) is 32.9 Å². The number of urea groups is 1. The van der Waals surface area contributed by atoms with Crippen LogP contribution in [-0.2, 0) is 4.79 Å². The number of likely N-dealkylation sites (tertiary alicyclic amines) is 1. The highest BCUT2D eigenvalue weighted by Crippen LogP contribution is 2.30. The van der Waals surface area contributed by atoms with E-state index in [0.717, 1.165) is 19.4 Å². The van der Waals surface area contributed by atoms with Gasteiger partial charge in [0.15, 0.2) is 0 Å². The highest BCUT2D eigenvalue weighted by atomic mass is 32.2. The SMILES string of the molecule is CC1SCC(C(=O)O)N1C(=O)N1CCCC(N(C)C)C1. The summed E-state index contributed by atoms with van der Waals surface area (Å²) in [5.74, 6) is -0.427. The highest BCUT2D eigenvalue weighted by molar-refractivity contribution is 8.00. The van der Waals surface area contributed by atoms with Crippen molar-refractivity contribution in [3.05, 3.63) is 0 Å². The monoisotopic (exact) mass is 301 g/mol. The van der Waals surface area contributed by atoms with Crippen LogP contribution in [0.3, 0.4) is 0 Å². The summed E-state index contributed by atoms with van der Waals surface area (Å²) >= 11 is 1.53. The zero-order valence-electron chi connectivity index (χ0n) is 12.3. The number of carbonyl (C=O) groups excluding carboxylic acids is 1. The minimum atomic E-state index is -0.906. The second kappa shape index (κ2) is 6.22. The molecule has 2 saturated heterocycles. The fraction of sp³-hybridized carbons (Fsp3) is 0.846. The Bertz CT molecular complexity index is 391. The van der Waals surface area contributed by atoms with E-state index in [1.807, 2.05) is 25.9 Å². The van der Waals surface area contributed by atoms with E-state index >= 15 is 0 Å². The van der Waals surface area contributed by atoms with Crippen molar-refractivity contribution in [1.29, 1.82) is 0 Å². The molecular weight excluding hydrogens is 278 g/mol. The van der Waals surface area contributed by atoms with Crippen LogP contribution >= 0.6 is 11.8 Å². The van der Waals surface area contributed by atoms with Crippen LogP contribution in [0.1, 0.15) is 19.8 Å². The van der Waals surface area contributed by atoms with E-state index < -0.39 is 12.0 Å². The van der Waals surface area contributed by atoms with Crippen molar-refractivity contribution in [1.82, 2.24) is 14.7 Å². The largest absolute Gasteiger partial charge is 0.480 e. The number of hydrogen-bond donors (Lipinski definition) is 1. The minimum Gasteiger partial charge on any atom is -0.480 e. The Morgan fingerprint density at radius 3 is 2.65 bits per heavy atom. The maximum absolute atomic E-state index is 12.7. The van der Waals surface area contributed by atoms with Crippen LogP contribution in [0.2, 0.25) is 0 Å². The van der Waals surface area contributed by atoms with Gasteiger partial charge >= 0.3 is 12.0 Å². The lowest BCUT2D eigenvalue weighted by atomic mass is 10.1. The van der Waals surface area contributed by atoms with Crippen molar-refractivity contribution in [2.45, 2.75) is 37.2 Å². The summed E-state index contributed by atoms with van der Waals surface area (Å²) in [5, 5.41) is 9.19. The van der Waals surface area contributed by atoms with Crippen molar-refractivity contribution in [3.63, 3.8) is 0 Å². The van der Waals surface area contributed by atoms with Crippen LogP contribution in [0.5, 0.6) is 0 Å². The van der Waals surface area contributed by atoms with Gasteiger partial charge in [0.1, 0.15) is 6.04 Å². The molecule has 2 rings (SSSR count). The lowest BCUT2D eigenvalue weighted by Crippen LogP contribution is -2.55. The first-order chi connectivity index (χ1) is 9.41. The fourth-order valence-electron chi connectivity index (χ4n) is 2.84. The summed E-state index contributed by atoms with van der Waals surface area (Å²) in [6.07, 6.45) is 2.06. The Hall–Kier alpha value is -0.950. The van der Waals surface area contributed by atoms with Gasteiger partial charge in [-0.15, -0.1) is 11.8 Å². The summed E-state index contributed by atoms with van der Waals surface area (Å²) in [6, 6.07) is -0.453. The number of piperidine rings is 1. The molecule has 0 aromatic rings. The Kier molecular flexibility index (Phi) is 4.80. The number of rotatable bonds is 2. The van der Waals surface area contributed by atoms with Crippen LogP contribution in [0.25, 0.3) is 0 Å². The van der Waals surface area contributed by atoms with Gasteiger partial charge < -0.3 is 14.9 Å². The zero-order chi connectivity index (χ0) is 14.9. The number of carboxylic acids is 1. The van der Waals surface area contributed by atoms with Gasteiger partial charge in [-0.2, -0.15) is 0 Å². The molecule has 3 atom stereocenters. The van der Waals surface area contributed by atoms with Crippen molar-refractivity contribution in [2.24, 2.45) is 0 Å². The van der Waals surface area contributed by atoms with E-state index in [-0.39, 0.29) is 11.4 Å². The van der Waals surface area contributed by atoms with Gasteiger partial charge in [-0.3, -0.25) is 4.90 Å². The Balaban J connectivity index is 2.07. The van der Waals surface area contributed by atoms with Crippen molar-refractivity contribution >= 4 is 23.8 Å². The van der Waals surface area contributed by atoms with E-state index in [9.17, 15) is 14.7 Å². The van der Waals surface area contributed by atoms with E-state index in [0.29, 0.717) is 18.3 Å². The van der Waals surface area contributed by atoms with E-state index in [1.165, 1.54) is 16.7 Å². The molecule has 2 aliphatic heterocycles. The highest BCUT2D eigenvalue weighted by Gasteiger charge is 2.42. The molecule has 2 aliphatic rings. The first-order valence-electron chi connectivity index (χ1n) is 7.00. The first kappa shape index (κ1) is 15.4. The Morgan fingerprint density at radius 1 is 1.35 bits per heavy atom. The number of nitrogens with zero attached hydrogens (tertiary/aromatic N) is 3. The van der Waals surface area contributed by atoms with Crippen LogP contribution in [0.4, 0.5) is 4.79 Å². The molecule has 0 saturated carbocycles. The summed E-state index contributed by atoms with van der Waals surface area (Å²) in [4.78, 5) is 29.4. The van der Waals surface area contributed by atoms with Crippen molar-refractivity contribution < 1.29 is 14.7 Å². The standard InChI is InChI=1S/C13H23N3O3S/c1-9-16(11(8-20-9)12(17)18)13(19)15-6-4-5-10(7-15)14(2)3/h9-11H,4-8H2,1-3H3,(H,17,18). The third-order valence-corrected chi connectivity index (χ3v) is 5.34. The molecule has 0 aromatic heterocycles. The van der Waals surface area contributed by atoms with Crippen LogP contribution in [0, 0.1) is 0 Å². The Morgan fingerprint density at radius 2 is 2.05 bits per heavy atom. The van der Waals surface area contributed by atoms with Crippen molar-refractivity contribution in [3.8, 4) is 0 Å². The molecule has 3 unspecified atom stereocenters. The number of hydrogen-bond acceptors (Lipinski definition) is 4. The number of aliphatic carboxylic acids is 1. The molecule has 2 fully saturated rings. The summed E-state index contributed by atoms with van der Waals surface area (Å²) < 4.78 is 0. The maximum Gasteiger partial charge on any atom is 0.327 e. The predicted octanol–water partition coefficient (Wildman–Crippen LogP) is 0.980. The number of amides is 2. The van der Waals surface area contributed by atoms with Gasteiger partial charge in [0, 0.05) is 24.9 Å². The topological polar surface area (TPSA) is 64.1 Å². The third-order valence-electron chi connectivity index (χ3n) is 4.13. The third kappa shape index (κ3) is 3.03. The molecule has 0 aromatic carbocycles. The van der Waals surface area contributed by atoms with Gasteiger partial charge in [-0.25, -0.2) is 9.59 Å². The van der Waals surface area contributed by atoms with Gasteiger partial charge in [-0.1, -0.05) is 0 Å².